The largest absolute Gasteiger partial charge is 0.497 e. The molecule has 0 bridgehead atoms. The van der Waals surface area contributed by atoms with Crippen LogP contribution in [0.2, 0.25) is 0 Å². The lowest BCUT2D eigenvalue weighted by Gasteiger charge is -2.23. The van der Waals surface area contributed by atoms with Gasteiger partial charge in [0.2, 0.25) is 0 Å². The van der Waals surface area contributed by atoms with Crippen molar-refractivity contribution >= 4 is 27.8 Å². The summed E-state index contributed by atoms with van der Waals surface area (Å²) in [5, 5.41) is 1.04. The highest BCUT2D eigenvalue weighted by Gasteiger charge is 2.17. The number of fused-ring (bicyclic) bond motifs is 3. The maximum Gasteiger partial charge on any atom is 0.174 e. The van der Waals surface area contributed by atoms with E-state index in [1.165, 1.54) is 0 Å². The molecule has 0 atom stereocenters. The third kappa shape index (κ3) is 2.80. The number of aromatic amines is 1. The summed E-state index contributed by atoms with van der Waals surface area (Å²) in [7, 11) is 6.83. The van der Waals surface area contributed by atoms with Crippen molar-refractivity contribution in [3.63, 3.8) is 0 Å². The quantitative estimate of drug-likeness (QED) is 0.703. The number of methoxy groups -OCH3 is 3. The Morgan fingerprint density at radius 1 is 1.17 bits per heavy atom. The van der Waals surface area contributed by atoms with Crippen LogP contribution in [-0.2, 0) is 9.47 Å². The van der Waals surface area contributed by atoms with E-state index in [-0.39, 0.29) is 6.29 Å². The molecular formula is C16H20N4O3. The number of rotatable bonds is 6. The molecule has 7 nitrogen and oxygen atoms in total. The number of hydrogen-bond donors (Lipinski definition) is 1. The van der Waals surface area contributed by atoms with Crippen molar-refractivity contribution in [2.45, 2.75) is 6.29 Å². The van der Waals surface area contributed by atoms with Gasteiger partial charge in [-0.1, -0.05) is 0 Å². The second-order valence-corrected chi connectivity index (χ2v) is 5.24. The molecule has 0 saturated heterocycles. The molecule has 2 heterocycles. The Morgan fingerprint density at radius 3 is 2.65 bits per heavy atom. The minimum atomic E-state index is -0.325. The molecule has 1 aromatic carbocycles. The van der Waals surface area contributed by atoms with Gasteiger partial charge in [0.15, 0.2) is 12.1 Å². The molecule has 1 N–H and O–H groups in total. The van der Waals surface area contributed by atoms with E-state index in [0.29, 0.717) is 6.54 Å². The van der Waals surface area contributed by atoms with Crippen LogP contribution in [0, 0.1) is 0 Å². The summed E-state index contributed by atoms with van der Waals surface area (Å²) >= 11 is 0. The van der Waals surface area contributed by atoms with Crippen molar-refractivity contribution in [1.82, 2.24) is 15.0 Å². The zero-order valence-electron chi connectivity index (χ0n) is 13.7. The van der Waals surface area contributed by atoms with E-state index in [4.69, 9.17) is 14.2 Å². The van der Waals surface area contributed by atoms with Crippen LogP contribution >= 0.6 is 0 Å². The molecule has 23 heavy (non-hydrogen) atoms. The minimum absolute atomic E-state index is 0.325. The number of ether oxygens (including phenoxy) is 3. The predicted octanol–water partition coefficient (Wildman–Crippen LogP) is 2.17. The number of nitrogens with zero attached hydrogens (tertiary/aromatic N) is 3. The van der Waals surface area contributed by atoms with Crippen LogP contribution in [-0.4, -0.2) is 56.2 Å². The van der Waals surface area contributed by atoms with Crippen LogP contribution in [0.4, 0.5) is 5.82 Å². The zero-order chi connectivity index (χ0) is 16.4. The van der Waals surface area contributed by atoms with Gasteiger partial charge in [0.25, 0.3) is 0 Å². The highest BCUT2D eigenvalue weighted by atomic mass is 16.7. The minimum Gasteiger partial charge on any atom is -0.497 e. The van der Waals surface area contributed by atoms with Crippen LogP contribution in [0.25, 0.3) is 21.9 Å². The molecule has 0 aliphatic rings. The molecular weight excluding hydrogens is 296 g/mol. The average Bonchev–Trinajstić information content (AvgIpc) is 2.96. The lowest BCUT2D eigenvalue weighted by molar-refractivity contribution is -0.0944. The van der Waals surface area contributed by atoms with Gasteiger partial charge in [-0.05, 0) is 12.1 Å². The molecule has 0 spiro atoms. The van der Waals surface area contributed by atoms with Crippen LogP contribution in [0.1, 0.15) is 0 Å². The van der Waals surface area contributed by atoms with Crippen molar-refractivity contribution in [2.75, 3.05) is 39.8 Å². The van der Waals surface area contributed by atoms with Crippen molar-refractivity contribution in [1.29, 1.82) is 0 Å². The average molecular weight is 316 g/mol. The van der Waals surface area contributed by atoms with Crippen molar-refractivity contribution in [3.05, 3.63) is 24.5 Å². The number of anilines is 1. The highest BCUT2D eigenvalue weighted by molar-refractivity contribution is 6.08. The topological polar surface area (TPSA) is 72.5 Å². The third-order valence-corrected chi connectivity index (χ3v) is 3.88. The number of likely N-dealkylation sites (N-methyl/N-ethyl adjacent to an activating group) is 1. The van der Waals surface area contributed by atoms with Gasteiger partial charge in [-0.3, -0.25) is 0 Å². The van der Waals surface area contributed by atoms with Crippen molar-refractivity contribution < 1.29 is 14.2 Å². The summed E-state index contributed by atoms with van der Waals surface area (Å²) in [6, 6.07) is 5.87. The van der Waals surface area contributed by atoms with Crippen molar-refractivity contribution in [2.24, 2.45) is 0 Å². The monoisotopic (exact) mass is 316 g/mol. The van der Waals surface area contributed by atoms with Gasteiger partial charge < -0.3 is 24.1 Å². The fraction of sp³-hybridized carbons (Fsp3) is 0.375. The summed E-state index contributed by atoms with van der Waals surface area (Å²) in [4.78, 5) is 14.2. The van der Waals surface area contributed by atoms with Gasteiger partial charge in [0.1, 0.15) is 23.1 Å². The molecule has 0 aliphatic carbocycles. The summed E-state index contributed by atoms with van der Waals surface area (Å²) in [5.41, 5.74) is 2.72. The van der Waals surface area contributed by atoms with Crippen LogP contribution in [0.5, 0.6) is 5.75 Å². The number of nitrogens with one attached hydrogen (secondary N) is 1. The molecule has 2 aromatic heterocycles. The first-order chi connectivity index (χ1) is 11.2. The summed E-state index contributed by atoms with van der Waals surface area (Å²) < 4.78 is 15.8. The summed E-state index contributed by atoms with van der Waals surface area (Å²) in [6.07, 6.45) is 1.25. The first-order valence-corrected chi connectivity index (χ1v) is 7.25. The molecule has 0 aliphatic heterocycles. The lowest BCUT2D eigenvalue weighted by Crippen LogP contribution is -2.32. The fourth-order valence-corrected chi connectivity index (χ4v) is 2.64. The number of H-pyrrole nitrogens is 1. The maximum atomic E-state index is 5.28. The highest BCUT2D eigenvalue weighted by Crippen LogP contribution is 2.30. The number of hydrogen-bond acceptors (Lipinski definition) is 6. The van der Waals surface area contributed by atoms with E-state index in [0.717, 1.165) is 33.5 Å². The molecule has 122 valence electrons. The van der Waals surface area contributed by atoms with Gasteiger partial charge >= 0.3 is 0 Å². The zero-order valence-corrected chi connectivity index (χ0v) is 13.7. The van der Waals surface area contributed by atoms with E-state index in [2.05, 4.69) is 15.0 Å². The smallest absolute Gasteiger partial charge is 0.174 e. The fourth-order valence-electron chi connectivity index (χ4n) is 2.64. The second kappa shape index (κ2) is 6.39. The van der Waals surface area contributed by atoms with Crippen LogP contribution in [0.15, 0.2) is 24.5 Å². The molecule has 3 rings (SSSR count). The van der Waals surface area contributed by atoms with E-state index in [9.17, 15) is 0 Å². The van der Waals surface area contributed by atoms with E-state index < -0.39 is 0 Å². The normalized spacial score (nSPS) is 11.5. The maximum absolute atomic E-state index is 5.28. The number of aromatic nitrogens is 3. The van der Waals surface area contributed by atoms with Gasteiger partial charge in [-0.25, -0.2) is 9.97 Å². The van der Waals surface area contributed by atoms with E-state index in [1.54, 1.807) is 27.7 Å². The molecule has 3 aromatic rings. The molecule has 0 fully saturated rings. The molecule has 7 heteroatoms. The van der Waals surface area contributed by atoms with Crippen molar-refractivity contribution in [3.8, 4) is 5.75 Å². The second-order valence-electron chi connectivity index (χ2n) is 5.24. The molecule has 0 saturated carbocycles. The lowest BCUT2D eigenvalue weighted by atomic mass is 10.2. The third-order valence-electron chi connectivity index (χ3n) is 3.88. The van der Waals surface area contributed by atoms with Gasteiger partial charge in [0, 0.05) is 32.7 Å². The summed E-state index contributed by atoms with van der Waals surface area (Å²) in [6.45, 7) is 0.553. The predicted molar refractivity (Wildman–Crippen MR) is 89.0 cm³/mol. The number of benzene rings is 1. The first-order valence-electron chi connectivity index (χ1n) is 7.25. The molecule has 0 radical (unpaired) electrons. The first kappa shape index (κ1) is 15.5. The van der Waals surface area contributed by atoms with Crippen LogP contribution in [0.3, 0.4) is 0 Å². The Balaban J connectivity index is 2.07. The Morgan fingerprint density at radius 2 is 1.96 bits per heavy atom. The van der Waals surface area contributed by atoms with E-state index in [1.807, 2.05) is 30.1 Å². The molecule has 0 unspecified atom stereocenters. The Bertz CT molecular complexity index is 814. The standard InChI is InChI=1S/C16H20N4O3/c1-20(8-13(22-3)23-4)16-15-14(17-9-18-16)11-6-5-10(21-2)7-12(11)19-15/h5-7,9,13,19H,8H2,1-4H3. The van der Waals surface area contributed by atoms with Crippen LogP contribution < -0.4 is 9.64 Å². The van der Waals surface area contributed by atoms with Gasteiger partial charge in [-0.15, -0.1) is 0 Å². The van der Waals surface area contributed by atoms with E-state index >= 15 is 0 Å². The summed E-state index contributed by atoms with van der Waals surface area (Å²) in [5.74, 6) is 1.59. The Kier molecular flexibility index (Phi) is 4.31. The Labute approximate surface area is 134 Å². The SMILES string of the molecule is COc1ccc2c(c1)[nH]c1c(N(C)CC(OC)OC)ncnc12. The Hall–Kier alpha value is -2.38. The molecule has 0 amide bonds. The van der Waals surface area contributed by atoms with Gasteiger partial charge in [0.05, 0.1) is 19.2 Å². The van der Waals surface area contributed by atoms with Gasteiger partial charge in [-0.2, -0.15) is 0 Å².